The molecule has 1 amide bonds. The molecule has 0 spiro atoms. The molecule has 1 fully saturated rings. The third-order valence-electron chi connectivity index (χ3n) is 5.90. The summed E-state index contributed by atoms with van der Waals surface area (Å²) in [6.45, 7) is 5.65. The van der Waals surface area contributed by atoms with Gasteiger partial charge < -0.3 is 10.6 Å². The number of carbonyl (C=O) groups excluding carboxylic acids is 2. The maximum Gasteiger partial charge on any atom is 0.315 e. The van der Waals surface area contributed by atoms with E-state index in [1.165, 1.54) is 16.4 Å². The fourth-order valence-electron chi connectivity index (χ4n) is 4.23. The largest absolute Gasteiger partial charge is 0.344 e. The molecule has 2 N–H and O–H groups in total. The monoisotopic (exact) mass is 522 g/mol. The van der Waals surface area contributed by atoms with Gasteiger partial charge in [0.2, 0.25) is 10.0 Å². The standard InChI is InChI=1S/C25H32F2N4O4S/c1-18-15-30(16-19(2)29-18)12-13-36(34,35)31(22-6-4-3-5-7-22)17-20-8-10-21(11-9-20)23(32)14-28-25(33)24(26)27/h3-11,18-19,24,29H,12-17H2,1-2H3,(H,28,33)/t18-,19+. The lowest BCUT2D eigenvalue weighted by molar-refractivity contribution is -0.131. The zero-order valence-electron chi connectivity index (χ0n) is 20.4. The lowest BCUT2D eigenvalue weighted by Crippen LogP contribution is -2.55. The number of hydrogen-bond acceptors (Lipinski definition) is 6. The number of alkyl halides is 2. The number of carbonyl (C=O) groups is 2. The molecule has 2 aromatic carbocycles. The van der Waals surface area contributed by atoms with E-state index < -0.39 is 34.7 Å². The first kappa shape index (κ1) is 27.7. The fourth-order valence-corrected chi connectivity index (χ4v) is 5.73. The summed E-state index contributed by atoms with van der Waals surface area (Å²) < 4.78 is 52.9. The van der Waals surface area contributed by atoms with Gasteiger partial charge in [0.15, 0.2) is 5.78 Å². The fraction of sp³-hybridized carbons (Fsp3) is 0.440. The van der Waals surface area contributed by atoms with E-state index in [-0.39, 0.29) is 29.9 Å². The Morgan fingerprint density at radius 2 is 1.67 bits per heavy atom. The first-order chi connectivity index (χ1) is 17.0. The molecule has 1 heterocycles. The molecule has 1 aliphatic rings. The Labute approximate surface area is 210 Å². The van der Waals surface area contributed by atoms with Crippen molar-refractivity contribution >= 4 is 27.4 Å². The van der Waals surface area contributed by atoms with E-state index in [2.05, 4.69) is 24.1 Å². The van der Waals surface area contributed by atoms with E-state index in [9.17, 15) is 26.8 Å². The Hall–Kier alpha value is -2.89. The molecule has 0 radical (unpaired) electrons. The summed E-state index contributed by atoms with van der Waals surface area (Å²) in [5.74, 6) is -2.07. The van der Waals surface area contributed by atoms with E-state index in [1.54, 1.807) is 36.4 Å². The molecular formula is C25H32F2N4O4S. The third-order valence-corrected chi connectivity index (χ3v) is 7.61. The van der Waals surface area contributed by atoms with Gasteiger partial charge in [0.25, 0.3) is 5.91 Å². The number of rotatable bonds is 11. The van der Waals surface area contributed by atoms with Crippen LogP contribution < -0.4 is 14.9 Å². The van der Waals surface area contributed by atoms with Crippen molar-refractivity contribution in [1.29, 1.82) is 0 Å². The molecule has 0 aliphatic carbocycles. The Kier molecular flexibility index (Phi) is 9.52. The molecule has 8 nitrogen and oxygen atoms in total. The second kappa shape index (κ2) is 12.4. The molecule has 36 heavy (non-hydrogen) atoms. The molecule has 196 valence electrons. The van der Waals surface area contributed by atoms with Gasteiger partial charge in [0.1, 0.15) is 0 Å². The maximum absolute atomic E-state index is 13.4. The molecule has 2 atom stereocenters. The number of anilines is 1. The topological polar surface area (TPSA) is 98.8 Å². The Bertz CT molecular complexity index is 1120. The molecule has 11 heteroatoms. The summed E-state index contributed by atoms with van der Waals surface area (Å²) in [6, 6.07) is 15.6. The van der Waals surface area contributed by atoms with Crippen LogP contribution in [0, 0.1) is 0 Å². The third kappa shape index (κ3) is 7.81. The van der Waals surface area contributed by atoms with Crippen molar-refractivity contribution in [2.24, 2.45) is 0 Å². The van der Waals surface area contributed by atoms with Crippen LogP contribution in [0.25, 0.3) is 0 Å². The number of amides is 1. The van der Waals surface area contributed by atoms with Gasteiger partial charge in [0.05, 0.1) is 24.5 Å². The van der Waals surface area contributed by atoms with Crippen LogP contribution in [0.15, 0.2) is 54.6 Å². The number of benzene rings is 2. The van der Waals surface area contributed by atoms with Gasteiger partial charge in [-0.05, 0) is 31.5 Å². The quantitative estimate of drug-likeness (QED) is 0.440. The SMILES string of the molecule is C[C@@H]1CN(CCS(=O)(=O)N(Cc2ccc(C(=O)CNC(=O)C(F)F)cc2)c2ccccc2)C[C@H](C)N1. The highest BCUT2D eigenvalue weighted by Crippen LogP contribution is 2.22. The van der Waals surface area contributed by atoms with Gasteiger partial charge in [0, 0.05) is 37.3 Å². The van der Waals surface area contributed by atoms with Crippen molar-refractivity contribution in [3.05, 3.63) is 65.7 Å². The average Bonchev–Trinajstić information content (AvgIpc) is 2.84. The molecular weight excluding hydrogens is 490 g/mol. The first-order valence-corrected chi connectivity index (χ1v) is 13.4. The highest BCUT2D eigenvalue weighted by atomic mass is 32.2. The summed E-state index contributed by atoms with van der Waals surface area (Å²) >= 11 is 0. The van der Waals surface area contributed by atoms with Crippen molar-refractivity contribution in [3.63, 3.8) is 0 Å². The minimum absolute atomic E-state index is 0.0399. The molecule has 3 rings (SSSR count). The number of halogens is 2. The molecule has 0 bridgehead atoms. The normalized spacial score (nSPS) is 18.7. The Morgan fingerprint density at radius 1 is 1.06 bits per heavy atom. The van der Waals surface area contributed by atoms with E-state index in [0.717, 1.165) is 13.1 Å². The number of sulfonamides is 1. The number of ketones is 1. The second-order valence-corrected chi connectivity index (χ2v) is 11.0. The van der Waals surface area contributed by atoms with Crippen molar-refractivity contribution in [3.8, 4) is 0 Å². The van der Waals surface area contributed by atoms with Gasteiger partial charge in [-0.1, -0.05) is 42.5 Å². The van der Waals surface area contributed by atoms with Crippen molar-refractivity contribution in [2.75, 3.05) is 36.2 Å². The van der Waals surface area contributed by atoms with Crippen molar-refractivity contribution in [2.45, 2.75) is 38.9 Å². The summed E-state index contributed by atoms with van der Waals surface area (Å²) in [6.07, 6.45) is -3.19. The number of hydrogen-bond donors (Lipinski definition) is 2. The van der Waals surface area contributed by atoms with Crippen LogP contribution in [0.3, 0.4) is 0 Å². The van der Waals surface area contributed by atoms with Gasteiger partial charge in [-0.3, -0.25) is 18.8 Å². The lowest BCUT2D eigenvalue weighted by atomic mass is 10.1. The Balaban J connectivity index is 1.71. The minimum atomic E-state index is -3.67. The predicted octanol–water partition coefficient (Wildman–Crippen LogP) is 2.27. The molecule has 0 unspecified atom stereocenters. The van der Waals surface area contributed by atoms with Gasteiger partial charge in [-0.15, -0.1) is 0 Å². The minimum Gasteiger partial charge on any atom is -0.344 e. The highest BCUT2D eigenvalue weighted by Gasteiger charge is 2.27. The van der Waals surface area contributed by atoms with Crippen LogP contribution in [0.1, 0.15) is 29.8 Å². The van der Waals surface area contributed by atoms with Crippen LogP contribution in [0.4, 0.5) is 14.5 Å². The van der Waals surface area contributed by atoms with E-state index in [4.69, 9.17) is 0 Å². The van der Waals surface area contributed by atoms with Gasteiger partial charge in [-0.2, -0.15) is 8.78 Å². The van der Waals surface area contributed by atoms with Crippen LogP contribution in [-0.4, -0.2) is 75.4 Å². The summed E-state index contributed by atoms with van der Waals surface area (Å²) in [5, 5.41) is 5.32. The van der Waals surface area contributed by atoms with Crippen LogP contribution in [0.2, 0.25) is 0 Å². The Morgan fingerprint density at radius 3 is 2.25 bits per heavy atom. The number of piperazine rings is 1. The highest BCUT2D eigenvalue weighted by molar-refractivity contribution is 7.92. The first-order valence-electron chi connectivity index (χ1n) is 11.8. The van der Waals surface area contributed by atoms with E-state index in [1.807, 2.05) is 11.4 Å². The van der Waals surface area contributed by atoms with E-state index in [0.29, 0.717) is 17.8 Å². The zero-order chi connectivity index (χ0) is 26.3. The summed E-state index contributed by atoms with van der Waals surface area (Å²) in [7, 11) is -3.67. The average molecular weight is 523 g/mol. The number of nitrogens with one attached hydrogen (secondary N) is 2. The smallest absolute Gasteiger partial charge is 0.315 e. The molecule has 0 saturated carbocycles. The van der Waals surface area contributed by atoms with Gasteiger partial charge in [-0.25, -0.2) is 8.42 Å². The van der Waals surface area contributed by atoms with Crippen molar-refractivity contribution in [1.82, 2.24) is 15.5 Å². The second-order valence-electron chi connectivity index (χ2n) is 9.03. The number of Topliss-reactive ketones (excluding diaryl/α,β-unsaturated/α-hetero) is 1. The van der Waals surface area contributed by atoms with E-state index >= 15 is 0 Å². The number of para-hydroxylation sites is 1. The molecule has 1 aliphatic heterocycles. The summed E-state index contributed by atoms with van der Waals surface area (Å²) in [4.78, 5) is 25.3. The van der Waals surface area contributed by atoms with Gasteiger partial charge >= 0.3 is 6.43 Å². The number of nitrogens with zero attached hydrogens (tertiary/aromatic N) is 2. The summed E-state index contributed by atoms with van der Waals surface area (Å²) in [5.41, 5.74) is 1.42. The van der Waals surface area contributed by atoms with Crippen LogP contribution in [-0.2, 0) is 21.4 Å². The zero-order valence-corrected chi connectivity index (χ0v) is 21.2. The molecule has 0 aromatic heterocycles. The molecule has 2 aromatic rings. The predicted molar refractivity (Wildman–Crippen MR) is 135 cm³/mol. The maximum atomic E-state index is 13.4. The molecule has 1 saturated heterocycles. The van der Waals surface area contributed by atoms with Crippen LogP contribution >= 0.6 is 0 Å². The van der Waals surface area contributed by atoms with Crippen molar-refractivity contribution < 1.29 is 26.8 Å². The van der Waals surface area contributed by atoms with Crippen LogP contribution in [0.5, 0.6) is 0 Å². The lowest BCUT2D eigenvalue weighted by Gasteiger charge is -2.36.